The number of nitriles is 1. The fraction of sp³-hybridized carbons (Fsp3) is 0. The van der Waals surface area contributed by atoms with Crippen LogP contribution in [0, 0.1) is 17.1 Å². The first-order chi connectivity index (χ1) is 9.19. The molecule has 0 aliphatic rings. The van der Waals surface area contributed by atoms with E-state index < -0.39 is 5.82 Å². The third-order valence-corrected chi connectivity index (χ3v) is 2.79. The summed E-state index contributed by atoms with van der Waals surface area (Å²) in [4.78, 5) is 4.05. The Balaban J connectivity index is 2.27. The number of nitrogens with zero attached hydrogens (tertiary/aromatic N) is 4. The van der Waals surface area contributed by atoms with Crippen LogP contribution in [0.5, 0.6) is 0 Å². The van der Waals surface area contributed by atoms with Crippen LogP contribution in [0.2, 0.25) is 0 Å². The lowest BCUT2D eigenvalue weighted by Gasteiger charge is -2.06. The Kier molecular flexibility index (Phi) is 2.39. The molecule has 0 unspecified atom stereocenters. The van der Waals surface area contributed by atoms with E-state index in [0.717, 1.165) is 0 Å². The highest BCUT2D eigenvalue weighted by Gasteiger charge is 2.10. The maximum Gasteiger partial charge on any atom is 0.158 e. The molecule has 0 radical (unpaired) electrons. The van der Waals surface area contributed by atoms with Crippen LogP contribution < -0.4 is 5.73 Å². The zero-order valence-electron chi connectivity index (χ0n) is 9.71. The predicted molar refractivity (Wildman–Crippen MR) is 67.5 cm³/mol. The van der Waals surface area contributed by atoms with Crippen LogP contribution in [-0.4, -0.2) is 14.6 Å². The van der Waals surface area contributed by atoms with E-state index in [-0.39, 0.29) is 5.56 Å². The van der Waals surface area contributed by atoms with Crippen molar-refractivity contribution in [3.8, 4) is 17.3 Å². The van der Waals surface area contributed by atoms with E-state index >= 15 is 0 Å². The summed E-state index contributed by atoms with van der Waals surface area (Å²) in [5, 5.41) is 12.8. The van der Waals surface area contributed by atoms with E-state index in [4.69, 9.17) is 11.0 Å². The average Bonchev–Trinajstić information content (AvgIpc) is 2.85. The molecule has 0 bridgehead atoms. The molecule has 0 atom stereocenters. The number of nitrogen functional groups attached to an aromatic ring is 1. The van der Waals surface area contributed by atoms with Crippen molar-refractivity contribution < 1.29 is 4.39 Å². The first kappa shape index (κ1) is 11.2. The van der Waals surface area contributed by atoms with E-state index in [1.807, 2.05) is 0 Å². The second-order valence-electron chi connectivity index (χ2n) is 4.01. The third-order valence-electron chi connectivity index (χ3n) is 2.79. The summed E-state index contributed by atoms with van der Waals surface area (Å²) in [6.45, 7) is 0. The summed E-state index contributed by atoms with van der Waals surface area (Å²) in [6.07, 6.45) is 1.40. The van der Waals surface area contributed by atoms with Crippen LogP contribution in [0.25, 0.3) is 16.9 Å². The summed E-state index contributed by atoms with van der Waals surface area (Å²) in [7, 11) is 0. The van der Waals surface area contributed by atoms with Crippen molar-refractivity contribution in [2.24, 2.45) is 0 Å². The van der Waals surface area contributed by atoms with Gasteiger partial charge in [-0.25, -0.2) is 13.9 Å². The molecule has 0 fully saturated rings. The first-order valence-electron chi connectivity index (χ1n) is 5.48. The summed E-state index contributed by atoms with van der Waals surface area (Å²) in [6, 6.07) is 9.51. The maximum absolute atomic E-state index is 13.7. The number of halogens is 1. The van der Waals surface area contributed by atoms with Gasteiger partial charge in [-0.15, -0.1) is 0 Å². The third kappa shape index (κ3) is 1.77. The summed E-state index contributed by atoms with van der Waals surface area (Å²) >= 11 is 0. The normalized spacial score (nSPS) is 10.5. The van der Waals surface area contributed by atoms with Crippen LogP contribution in [-0.2, 0) is 0 Å². The number of hydrogen-bond donors (Lipinski definition) is 1. The van der Waals surface area contributed by atoms with Crippen LogP contribution in [0.15, 0.2) is 36.7 Å². The highest BCUT2D eigenvalue weighted by atomic mass is 19.1. The minimum absolute atomic E-state index is 0.00230. The van der Waals surface area contributed by atoms with Crippen molar-refractivity contribution in [3.05, 3.63) is 48.0 Å². The van der Waals surface area contributed by atoms with Gasteiger partial charge in [0.25, 0.3) is 0 Å². The molecule has 3 rings (SSSR count). The standard InChI is InChI=1S/C13H8FN5/c14-11-3-8(1-2-9(11)6-15)12-4-10(16)5-13-17-7-18-19(12)13/h1-5,7H,16H2. The zero-order valence-corrected chi connectivity index (χ0v) is 9.71. The smallest absolute Gasteiger partial charge is 0.158 e. The Morgan fingerprint density at radius 1 is 1.26 bits per heavy atom. The number of nitrogens with two attached hydrogens (primary N) is 1. The molecule has 0 saturated heterocycles. The number of fused-ring (bicyclic) bond motifs is 1. The summed E-state index contributed by atoms with van der Waals surface area (Å²) in [5.41, 5.74) is 8.09. The van der Waals surface area contributed by atoms with Gasteiger partial charge in [-0.05, 0) is 18.2 Å². The van der Waals surface area contributed by atoms with E-state index in [2.05, 4.69) is 10.1 Å². The molecule has 2 heterocycles. The topological polar surface area (TPSA) is 80.0 Å². The number of aromatic nitrogens is 3. The molecular weight excluding hydrogens is 245 g/mol. The highest BCUT2D eigenvalue weighted by molar-refractivity contribution is 5.69. The van der Waals surface area contributed by atoms with Gasteiger partial charge in [-0.3, -0.25) is 0 Å². The molecule has 2 N–H and O–H groups in total. The molecule has 0 aliphatic carbocycles. The lowest BCUT2D eigenvalue weighted by atomic mass is 10.1. The molecule has 0 spiro atoms. The molecular formula is C13H8FN5. The molecule has 19 heavy (non-hydrogen) atoms. The molecule has 6 heteroatoms. The minimum Gasteiger partial charge on any atom is -0.399 e. The van der Waals surface area contributed by atoms with Crippen molar-refractivity contribution in [3.63, 3.8) is 0 Å². The second-order valence-corrected chi connectivity index (χ2v) is 4.01. The molecule has 92 valence electrons. The molecule has 3 aromatic rings. The van der Waals surface area contributed by atoms with Crippen molar-refractivity contribution in [2.75, 3.05) is 5.73 Å². The van der Waals surface area contributed by atoms with Crippen LogP contribution in [0.3, 0.4) is 0 Å². The minimum atomic E-state index is -0.573. The monoisotopic (exact) mass is 253 g/mol. The average molecular weight is 253 g/mol. The zero-order chi connectivity index (χ0) is 13.4. The van der Waals surface area contributed by atoms with Gasteiger partial charge in [0.15, 0.2) is 5.65 Å². The Morgan fingerprint density at radius 2 is 2.11 bits per heavy atom. The highest BCUT2D eigenvalue weighted by Crippen LogP contribution is 2.24. The molecule has 2 aromatic heterocycles. The Morgan fingerprint density at radius 3 is 2.84 bits per heavy atom. The van der Waals surface area contributed by atoms with E-state index in [1.54, 1.807) is 28.8 Å². The fourth-order valence-corrected chi connectivity index (χ4v) is 1.91. The summed E-state index contributed by atoms with van der Waals surface area (Å²) in [5.74, 6) is -0.573. The lowest BCUT2D eigenvalue weighted by Crippen LogP contribution is -1.98. The number of hydrogen-bond acceptors (Lipinski definition) is 4. The van der Waals surface area contributed by atoms with Crippen molar-refractivity contribution in [1.82, 2.24) is 14.6 Å². The van der Waals surface area contributed by atoms with Gasteiger partial charge in [0.1, 0.15) is 18.2 Å². The molecule has 0 aliphatic heterocycles. The van der Waals surface area contributed by atoms with E-state index in [9.17, 15) is 4.39 Å². The van der Waals surface area contributed by atoms with Crippen LogP contribution >= 0.6 is 0 Å². The van der Waals surface area contributed by atoms with Gasteiger partial charge in [0.2, 0.25) is 0 Å². The number of benzene rings is 1. The largest absolute Gasteiger partial charge is 0.399 e. The Labute approximate surface area is 107 Å². The SMILES string of the molecule is N#Cc1ccc(-c2cc(N)cc3ncnn23)cc1F. The summed E-state index contributed by atoms with van der Waals surface area (Å²) < 4.78 is 15.2. The van der Waals surface area contributed by atoms with Gasteiger partial charge in [-0.1, -0.05) is 6.07 Å². The van der Waals surface area contributed by atoms with Crippen LogP contribution in [0.4, 0.5) is 10.1 Å². The van der Waals surface area contributed by atoms with Crippen molar-refractivity contribution >= 4 is 11.3 Å². The van der Waals surface area contributed by atoms with Gasteiger partial charge >= 0.3 is 0 Å². The van der Waals surface area contributed by atoms with Gasteiger partial charge < -0.3 is 5.73 Å². The van der Waals surface area contributed by atoms with Crippen molar-refractivity contribution in [2.45, 2.75) is 0 Å². The Hall–Kier alpha value is -2.94. The predicted octanol–water partition coefficient (Wildman–Crippen LogP) is 1.99. The van der Waals surface area contributed by atoms with Gasteiger partial charge in [-0.2, -0.15) is 10.4 Å². The van der Waals surface area contributed by atoms with E-state index in [1.165, 1.54) is 18.5 Å². The molecule has 1 aromatic carbocycles. The number of pyridine rings is 1. The first-order valence-corrected chi connectivity index (χ1v) is 5.48. The molecule has 5 nitrogen and oxygen atoms in total. The molecule has 0 amide bonds. The number of anilines is 1. The quantitative estimate of drug-likeness (QED) is 0.719. The van der Waals surface area contributed by atoms with E-state index in [0.29, 0.717) is 22.6 Å². The Bertz CT molecular complexity index is 816. The van der Waals surface area contributed by atoms with Gasteiger partial charge in [0, 0.05) is 17.3 Å². The fourth-order valence-electron chi connectivity index (χ4n) is 1.91. The van der Waals surface area contributed by atoms with Gasteiger partial charge in [0.05, 0.1) is 11.3 Å². The van der Waals surface area contributed by atoms with Crippen molar-refractivity contribution in [1.29, 1.82) is 5.26 Å². The maximum atomic E-state index is 13.7. The lowest BCUT2D eigenvalue weighted by molar-refractivity contribution is 0.624. The second kappa shape index (κ2) is 4.07. The number of rotatable bonds is 1. The molecule has 0 saturated carbocycles. The van der Waals surface area contributed by atoms with Crippen LogP contribution in [0.1, 0.15) is 5.56 Å².